The Morgan fingerprint density at radius 2 is 1.61 bits per heavy atom. The molecule has 5 heteroatoms. The van der Waals surface area contributed by atoms with Gasteiger partial charge in [-0.1, -0.05) is 30.3 Å². The van der Waals surface area contributed by atoms with E-state index >= 15 is 0 Å². The van der Waals surface area contributed by atoms with E-state index in [0.29, 0.717) is 38.3 Å². The zero-order valence-electron chi connectivity index (χ0n) is 13.2. The van der Waals surface area contributed by atoms with Crippen molar-refractivity contribution >= 4 is 22.8 Å². The normalized spacial score (nSPS) is 14.8. The Morgan fingerprint density at radius 3 is 2.30 bits per heavy atom. The average Bonchev–Trinajstić information content (AvgIpc) is 2.61. The first-order valence-electron chi connectivity index (χ1n) is 7.89. The smallest absolute Gasteiger partial charge is 0.409 e. The second kappa shape index (κ2) is 6.69. The van der Waals surface area contributed by atoms with Gasteiger partial charge in [0, 0.05) is 31.7 Å². The van der Waals surface area contributed by atoms with E-state index in [1.807, 2.05) is 42.5 Å². The molecule has 2 aromatic carbocycles. The van der Waals surface area contributed by atoms with Gasteiger partial charge in [-0.15, -0.1) is 0 Å². The number of ether oxygens (including phenoxy) is 1. The number of hydrogen-bond donors (Lipinski definition) is 0. The summed E-state index contributed by atoms with van der Waals surface area (Å²) in [6, 6.07) is 13.7. The molecular weight excluding hydrogens is 292 g/mol. The predicted molar refractivity (Wildman–Crippen MR) is 88.4 cm³/mol. The van der Waals surface area contributed by atoms with Gasteiger partial charge in [-0.2, -0.15) is 0 Å². The van der Waals surface area contributed by atoms with Crippen molar-refractivity contribution in [3.8, 4) is 0 Å². The molecule has 3 rings (SSSR count). The second-order valence-corrected chi connectivity index (χ2v) is 5.54. The van der Waals surface area contributed by atoms with Crippen LogP contribution in [0.25, 0.3) is 10.8 Å². The molecule has 23 heavy (non-hydrogen) atoms. The number of carbonyl (C=O) groups excluding carboxylic acids is 2. The highest BCUT2D eigenvalue weighted by Crippen LogP contribution is 2.17. The quantitative estimate of drug-likeness (QED) is 0.857. The van der Waals surface area contributed by atoms with Crippen LogP contribution in [0, 0.1) is 0 Å². The van der Waals surface area contributed by atoms with E-state index in [2.05, 4.69) is 0 Å². The van der Waals surface area contributed by atoms with Crippen molar-refractivity contribution < 1.29 is 14.3 Å². The third kappa shape index (κ3) is 3.28. The van der Waals surface area contributed by atoms with Crippen LogP contribution in [0.4, 0.5) is 4.79 Å². The molecule has 0 aliphatic carbocycles. The molecule has 1 aliphatic heterocycles. The van der Waals surface area contributed by atoms with Gasteiger partial charge >= 0.3 is 6.09 Å². The van der Waals surface area contributed by atoms with Crippen LogP contribution in [-0.4, -0.2) is 54.6 Å². The van der Waals surface area contributed by atoms with E-state index in [9.17, 15) is 9.59 Å². The van der Waals surface area contributed by atoms with Crippen LogP contribution in [0.3, 0.4) is 0 Å². The van der Waals surface area contributed by atoms with Crippen molar-refractivity contribution in [1.29, 1.82) is 0 Å². The lowest BCUT2D eigenvalue weighted by Gasteiger charge is -2.34. The first-order valence-corrected chi connectivity index (χ1v) is 7.89. The summed E-state index contributed by atoms with van der Waals surface area (Å²) in [5.74, 6) is 0.0132. The molecule has 0 unspecified atom stereocenters. The van der Waals surface area contributed by atoms with Gasteiger partial charge in [0.25, 0.3) is 5.91 Å². The molecule has 0 radical (unpaired) electrons. The van der Waals surface area contributed by atoms with Gasteiger partial charge in [0.05, 0.1) is 6.61 Å². The number of nitrogens with zero attached hydrogens (tertiary/aromatic N) is 2. The standard InChI is InChI=1S/C18H20N2O3/c1-2-23-18(22)20-11-9-19(10-12-20)17(21)16-8-7-14-5-3-4-6-15(14)13-16/h3-8,13H,2,9-12H2,1H3. The van der Waals surface area contributed by atoms with Gasteiger partial charge in [0.15, 0.2) is 0 Å². The Morgan fingerprint density at radius 1 is 0.957 bits per heavy atom. The molecule has 1 saturated heterocycles. The molecule has 0 atom stereocenters. The van der Waals surface area contributed by atoms with Crippen molar-refractivity contribution in [3.05, 3.63) is 48.0 Å². The average molecular weight is 312 g/mol. The van der Waals surface area contributed by atoms with E-state index in [0.717, 1.165) is 10.8 Å². The minimum atomic E-state index is -0.301. The highest BCUT2D eigenvalue weighted by Gasteiger charge is 2.25. The van der Waals surface area contributed by atoms with Crippen molar-refractivity contribution in [3.63, 3.8) is 0 Å². The van der Waals surface area contributed by atoms with Crippen molar-refractivity contribution in [1.82, 2.24) is 9.80 Å². The molecular formula is C18H20N2O3. The number of rotatable bonds is 2. The lowest BCUT2D eigenvalue weighted by Crippen LogP contribution is -2.50. The summed E-state index contributed by atoms with van der Waals surface area (Å²) in [6.07, 6.45) is -0.301. The van der Waals surface area contributed by atoms with Gasteiger partial charge in [0.1, 0.15) is 0 Å². The Bertz CT molecular complexity index is 721. The van der Waals surface area contributed by atoms with Gasteiger partial charge in [-0.05, 0) is 29.8 Å². The lowest BCUT2D eigenvalue weighted by atomic mass is 10.1. The van der Waals surface area contributed by atoms with Gasteiger partial charge in [-0.3, -0.25) is 4.79 Å². The molecule has 1 heterocycles. The van der Waals surface area contributed by atoms with Crippen molar-refractivity contribution in [2.75, 3.05) is 32.8 Å². The molecule has 1 aliphatic rings. The molecule has 0 saturated carbocycles. The minimum Gasteiger partial charge on any atom is -0.450 e. The molecule has 2 aromatic rings. The fourth-order valence-electron chi connectivity index (χ4n) is 2.81. The monoisotopic (exact) mass is 312 g/mol. The zero-order valence-corrected chi connectivity index (χ0v) is 13.2. The predicted octanol–water partition coefficient (Wildman–Crippen LogP) is 2.75. The molecule has 0 bridgehead atoms. The molecule has 1 fully saturated rings. The molecule has 0 aromatic heterocycles. The van der Waals surface area contributed by atoms with E-state index in [-0.39, 0.29) is 12.0 Å². The summed E-state index contributed by atoms with van der Waals surface area (Å²) < 4.78 is 4.99. The number of benzene rings is 2. The summed E-state index contributed by atoms with van der Waals surface area (Å²) in [4.78, 5) is 27.8. The number of fused-ring (bicyclic) bond motifs is 1. The van der Waals surface area contributed by atoms with Gasteiger partial charge in [0.2, 0.25) is 0 Å². The Balaban J connectivity index is 1.67. The topological polar surface area (TPSA) is 49.9 Å². The van der Waals surface area contributed by atoms with E-state index in [1.54, 1.807) is 16.7 Å². The van der Waals surface area contributed by atoms with Crippen molar-refractivity contribution in [2.45, 2.75) is 6.92 Å². The third-order valence-electron chi connectivity index (χ3n) is 4.09. The first kappa shape index (κ1) is 15.3. The summed E-state index contributed by atoms with van der Waals surface area (Å²) in [7, 11) is 0. The largest absolute Gasteiger partial charge is 0.450 e. The molecule has 5 nitrogen and oxygen atoms in total. The summed E-state index contributed by atoms with van der Waals surface area (Å²) in [5.41, 5.74) is 0.688. The first-order chi connectivity index (χ1) is 11.2. The number of amides is 2. The maximum Gasteiger partial charge on any atom is 0.409 e. The molecule has 0 spiro atoms. The van der Waals surface area contributed by atoms with Crippen LogP contribution in [-0.2, 0) is 4.74 Å². The highest BCUT2D eigenvalue weighted by atomic mass is 16.6. The number of piperazine rings is 1. The minimum absolute atomic E-state index is 0.0132. The van der Waals surface area contributed by atoms with E-state index in [4.69, 9.17) is 4.74 Å². The third-order valence-corrected chi connectivity index (χ3v) is 4.09. The van der Waals surface area contributed by atoms with Crippen LogP contribution in [0.15, 0.2) is 42.5 Å². The fourth-order valence-corrected chi connectivity index (χ4v) is 2.81. The number of carbonyl (C=O) groups is 2. The highest BCUT2D eigenvalue weighted by molar-refractivity contribution is 5.98. The Kier molecular flexibility index (Phi) is 4.46. The molecule has 120 valence electrons. The summed E-state index contributed by atoms with van der Waals surface area (Å²) in [6.45, 7) is 4.25. The Labute approximate surface area is 135 Å². The van der Waals surface area contributed by atoms with Crippen LogP contribution < -0.4 is 0 Å². The van der Waals surface area contributed by atoms with Crippen LogP contribution >= 0.6 is 0 Å². The van der Waals surface area contributed by atoms with Gasteiger partial charge in [-0.25, -0.2) is 4.79 Å². The van der Waals surface area contributed by atoms with E-state index < -0.39 is 0 Å². The van der Waals surface area contributed by atoms with Gasteiger partial charge < -0.3 is 14.5 Å². The molecule has 2 amide bonds. The number of hydrogen-bond acceptors (Lipinski definition) is 3. The van der Waals surface area contributed by atoms with Crippen LogP contribution in [0.2, 0.25) is 0 Å². The maximum atomic E-state index is 12.6. The van der Waals surface area contributed by atoms with Crippen LogP contribution in [0.5, 0.6) is 0 Å². The second-order valence-electron chi connectivity index (χ2n) is 5.54. The zero-order chi connectivity index (χ0) is 16.2. The fraction of sp³-hybridized carbons (Fsp3) is 0.333. The van der Waals surface area contributed by atoms with Crippen LogP contribution in [0.1, 0.15) is 17.3 Å². The van der Waals surface area contributed by atoms with Crippen molar-refractivity contribution in [2.24, 2.45) is 0 Å². The SMILES string of the molecule is CCOC(=O)N1CCN(C(=O)c2ccc3ccccc3c2)CC1. The Hall–Kier alpha value is -2.56. The molecule has 0 N–H and O–H groups in total. The van der Waals surface area contributed by atoms with E-state index in [1.165, 1.54) is 0 Å². The lowest BCUT2D eigenvalue weighted by molar-refractivity contribution is 0.0570. The maximum absolute atomic E-state index is 12.6. The summed E-state index contributed by atoms with van der Waals surface area (Å²) >= 11 is 0. The summed E-state index contributed by atoms with van der Waals surface area (Å²) in [5, 5.41) is 2.18.